The van der Waals surface area contributed by atoms with Crippen LogP contribution in [0.25, 0.3) is 0 Å². The van der Waals surface area contributed by atoms with E-state index in [2.05, 4.69) is 10.6 Å². The molecule has 0 heterocycles. The predicted octanol–water partition coefficient (Wildman–Crippen LogP) is 2.86. The molecule has 0 aliphatic heterocycles. The van der Waals surface area contributed by atoms with E-state index in [9.17, 15) is 19.5 Å². The Balaban J connectivity index is 1.97. The number of anilines is 2. The van der Waals surface area contributed by atoms with Gasteiger partial charge >= 0.3 is 12.1 Å². The summed E-state index contributed by atoms with van der Waals surface area (Å²) < 4.78 is 4.77. The number of rotatable bonds is 5. The summed E-state index contributed by atoms with van der Waals surface area (Å²) in [6.45, 7) is 1.99. The number of ether oxygens (including phenoxy) is 1. The van der Waals surface area contributed by atoms with Gasteiger partial charge in [-0.3, -0.25) is 14.9 Å². The molecule has 2 atom stereocenters. The Hall–Kier alpha value is -2.83. The van der Waals surface area contributed by atoms with Crippen LogP contribution in [0.2, 0.25) is 0 Å². The van der Waals surface area contributed by atoms with Gasteiger partial charge in [0.1, 0.15) is 0 Å². The smallest absolute Gasteiger partial charge is 0.411 e. The Morgan fingerprint density at radius 1 is 1.04 bits per heavy atom. The van der Waals surface area contributed by atoms with E-state index in [1.54, 1.807) is 37.3 Å². The molecule has 2 rings (SSSR count). The van der Waals surface area contributed by atoms with Gasteiger partial charge in [-0.25, -0.2) is 4.79 Å². The van der Waals surface area contributed by atoms with Crippen LogP contribution in [0.15, 0.2) is 36.4 Å². The molecule has 0 spiro atoms. The average molecular weight is 332 g/mol. The fourth-order valence-corrected chi connectivity index (χ4v) is 2.53. The summed E-state index contributed by atoms with van der Waals surface area (Å²) in [5.74, 6) is -2.59. The largest absolute Gasteiger partial charge is 0.481 e. The first kappa shape index (κ1) is 17.5. The van der Waals surface area contributed by atoms with Crippen LogP contribution in [-0.2, 0) is 14.3 Å². The third-order valence-corrected chi connectivity index (χ3v) is 3.76. The second-order valence-electron chi connectivity index (χ2n) is 5.41. The van der Waals surface area contributed by atoms with E-state index in [-0.39, 0.29) is 12.5 Å². The van der Waals surface area contributed by atoms with Gasteiger partial charge in [0.05, 0.1) is 18.4 Å². The minimum atomic E-state index is -0.964. The van der Waals surface area contributed by atoms with Crippen molar-refractivity contribution in [1.29, 1.82) is 0 Å². The second-order valence-corrected chi connectivity index (χ2v) is 5.41. The Labute approximate surface area is 139 Å². The molecule has 0 fully saturated rings. The molecule has 0 unspecified atom stereocenters. The number of hydrogen-bond acceptors (Lipinski definition) is 4. The number of aliphatic carboxylic acids is 1. The van der Waals surface area contributed by atoms with Gasteiger partial charge in [0.25, 0.3) is 0 Å². The van der Waals surface area contributed by atoms with Crippen molar-refractivity contribution in [3.05, 3.63) is 36.4 Å². The highest BCUT2D eigenvalue weighted by Gasteiger charge is 2.33. The number of benzene rings is 1. The Bertz CT molecular complexity index is 639. The third-order valence-electron chi connectivity index (χ3n) is 3.76. The summed E-state index contributed by atoms with van der Waals surface area (Å²) in [7, 11) is 0. The zero-order chi connectivity index (χ0) is 17.5. The number of carbonyl (C=O) groups is 3. The number of nitrogens with one attached hydrogen (secondary N) is 2. The van der Waals surface area contributed by atoms with Gasteiger partial charge in [0.2, 0.25) is 5.91 Å². The van der Waals surface area contributed by atoms with E-state index in [0.29, 0.717) is 24.2 Å². The molecule has 3 N–H and O–H groups in total. The van der Waals surface area contributed by atoms with Gasteiger partial charge in [0, 0.05) is 11.4 Å². The maximum Gasteiger partial charge on any atom is 0.411 e. The van der Waals surface area contributed by atoms with Crippen LogP contribution in [-0.4, -0.2) is 29.7 Å². The fourth-order valence-electron chi connectivity index (χ4n) is 2.53. The van der Waals surface area contributed by atoms with Crippen LogP contribution in [0.4, 0.5) is 16.2 Å². The van der Waals surface area contributed by atoms with Crippen LogP contribution < -0.4 is 10.6 Å². The minimum absolute atomic E-state index is 0.278. The van der Waals surface area contributed by atoms with Gasteiger partial charge in [-0.05, 0) is 44.0 Å². The molecule has 7 nitrogen and oxygen atoms in total. The molecule has 128 valence electrons. The highest BCUT2D eigenvalue weighted by atomic mass is 16.5. The highest BCUT2D eigenvalue weighted by Crippen LogP contribution is 2.27. The maximum atomic E-state index is 12.3. The molecule has 1 aromatic rings. The maximum absolute atomic E-state index is 12.3. The van der Waals surface area contributed by atoms with Crippen molar-refractivity contribution >= 4 is 29.3 Å². The van der Waals surface area contributed by atoms with Crippen LogP contribution in [0.5, 0.6) is 0 Å². The lowest BCUT2D eigenvalue weighted by atomic mass is 9.82. The molecule has 7 heteroatoms. The zero-order valence-electron chi connectivity index (χ0n) is 13.3. The number of amides is 2. The van der Waals surface area contributed by atoms with Gasteiger partial charge in [-0.2, -0.15) is 0 Å². The molecule has 0 bridgehead atoms. The number of hydrogen-bond donors (Lipinski definition) is 3. The van der Waals surface area contributed by atoms with Crippen molar-refractivity contribution in [3.8, 4) is 0 Å². The standard InChI is InChI=1S/C17H20N2O5/c1-2-24-17(23)19-12-9-7-11(8-10-12)18-15(20)13-5-3-4-6-14(13)16(21)22/h3-4,7-10,13-14H,2,5-6H2,1H3,(H,18,20)(H,19,23)(H,21,22)/t13-,14+/m0/s1. The number of carboxylic acid groups (broad SMARTS) is 1. The fraction of sp³-hybridized carbons (Fsp3) is 0.353. The summed E-state index contributed by atoms with van der Waals surface area (Å²) in [5.41, 5.74) is 1.07. The molecule has 0 radical (unpaired) electrons. The number of carboxylic acids is 1. The van der Waals surface area contributed by atoms with E-state index in [1.165, 1.54) is 0 Å². The lowest BCUT2D eigenvalue weighted by Gasteiger charge is -2.24. The Morgan fingerprint density at radius 2 is 1.58 bits per heavy atom. The van der Waals surface area contributed by atoms with E-state index in [4.69, 9.17) is 4.74 Å². The molecule has 0 saturated heterocycles. The number of allylic oxidation sites excluding steroid dienone is 2. The molecular formula is C17H20N2O5. The van der Waals surface area contributed by atoms with Gasteiger partial charge < -0.3 is 15.2 Å². The summed E-state index contributed by atoms with van der Waals surface area (Å²) in [6, 6.07) is 6.52. The van der Waals surface area contributed by atoms with E-state index >= 15 is 0 Å². The van der Waals surface area contributed by atoms with Gasteiger partial charge in [-0.15, -0.1) is 0 Å². The zero-order valence-corrected chi connectivity index (χ0v) is 13.3. The lowest BCUT2D eigenvalue weighted by Crippen LogP contribution is -2.34. The van der Waals surface area contributed by atoms with Crippen LogP contribution >= 0.6 is 0 Å². The topological polar surface area (TPSA) is 105 Å². The Morgan fingerprint density at radius 3 is 2.12 bits per heavy atom. The Kier molecular flexibility index (Phi) is 5.95. The summed E-state index contributed by atoms with van der Waals surface area (Å²) in [5, 5.41) is 14.5. The third kappa shape index (κ3) is 4.58. The van der Waals surface area contributed by atoms with E-state index in [1.807, 2.05) is 6.08 Å². The minimum Gasteiger partial charge on any atom is -0.481 e. The molecule has 1 aliphatic carbocycles. The first-order valence-corrected chi connectivity index (χ1v) is 7.73. The molecule has 1 aromatic carbocycles. The average Bonchev–Trinajstić information content (AvgIpc) is 2.56. The van der Waals surface area contributed by atoms with Crippen molar-refractivity contribution in [3.63, 3.8) is 0 Å². The molecule has 1 aliphatic rings. The van der Waals surface area contributed by atoms with Gasteiger partial charge in [0.15, 0.2) is 0 Å². The SMILES string of the molecule is CCOC(=O)Nc1ccc(NC(=O)[C@H]2CC=CC[C@H]2C(=O)O)cc1. The first-order valence-electron chi connectivity index (χ1n) is 7.73. The van der Waals surface area contributed by atoms with Crippen molar-refractivity contribution in [1.82, 2.24) is 0 Å². The molecular weight excluding hydrogens is 312 g/mol. The molecule has 0 aromatic heterocycles. The van der Waals surface area contributed by atoms with E-state index < -0.39 is 23.9 Å². The highest BCUT2D eigenvalue weighted by molar-refractivity contribution is 5.95. The van der Waals surface area contributed by atoms with Crippen LogP contribution in [0.1, 0.15) is 19.8 Å². The monoisotopic (exact) mass is 332 g/mol. The van der Waals surface area contributed by atoms with Crippen molar-refractivity contribution in [2.45, 2.75) is 19.8 Å². The van der Waals surface area contributed by atoms with Crippen molar-refractivity contribution in [2.24, 2.45) is 11.8 Å². The van der Waals surface area contributed by atoms with Crippen LogP contribution in [0.3, 0.4) is 0 Å². The second kappa shape index (κ2) is 8.14. The summed E-state index contributed by atoms with van der Waals surface area (Å²) >= 11 is 0. The number of carbonyl (C=O) groups excluding carboxylic acids is 2. The molecule has 2 amide bonds. The molecule has 0 saturated carbocycles. The van der Waals surface area contributed by atoms with Crippen LogP contribution in [0, 0.1) is 11.8 Å². The molecule has 24 heavy (non-hydrogen) atoms. The van der Waals surface area contributed by atoms with E-state index in [0.717, 1.165) is 0 Å². The summed E-state index contributed by atoms with van der Waals surface area (Å²) in [4.78, 5) is 34.9. The van der Waals surface area contributed by atoms with Crippen molar-refractivity contribution < 1.29 is 24.2 Å². The summed E-state index contributed by atoms with van der Waals surface area (Å²) in [6.07, 6.45) is 3.84. The normalized spacial score (nSPS) is 19.4. The van der Waals surface area contributed by atoms with Gasteiger partial charge in [-0.1, -0.05) is 12.2 Å². The predicted molar refractivity (Wildman–Crippen MR) is 88.7 cm³/mol. The lowest BCUT2D eigenvalue weighted by molar-refractivity contribution is -0.146. The quantitative estimate of drug-likeness (QED) is 0.719. The van der Waals surface area contributed by atoms with Crippen molar-refractivity contribution in [2.75, 3.05) is 17.2 Å². The first-order chi connectivity index (χ1) is 11.5.